The average Bonchev–Trinajstić information content (AvgIpc) is 3.14. The fourth-order valence-electron chi connectivity index (χ4n) is 3.28. The van der Waals surface area contributed by atoms with Gasteiger partial charge in [0, 0.05) is 38.4 Å². The second-order valence-corrected chi connectivity index (χ2v) is 11.3. The number of alkyl halides is 3. The van der Waals surface area contributed by atoms with E-state index in [4.69, 9.17) is 14.6 Å². The molecule has 0 spiro atoms. The molecule has 1 aromatic carbocycles. The van der Waals surface area contributed by atoms with Gasteiger partial charge in [-0.05, 0) is 59.6 Å². The molecule has 3 heterocycles. The number of aromatic nitrogens is 2. The number of sulfonamides is 1. The van der Waals surface area contributed by atoms with Crippen LogP contribution < -0.4 is 9.46 Å². The van der Waals surface area contributed by atoms with Gasteiger partial charge in [0.05, 0.1) is 12.8 Å². The number of carboxylic acid groups (broad SMARTS) is 1. The van der Waals surface area contributed by atoms with Gasteiger partial charge < -0.3 is 9.84 Å². The highest BCUT2D eigenvalue weighted by atomic mass is 79.9. The summed E-state index contributed by atoms with van der Waals surface area (Å²) in [5.74, 6) is -2.03. The third kappa shape index (κ3) is 6.76. The van der Waals surface area contributed by atoms with E-state index in [1.54, 1.807) is 13.2 Å². The maximum atomic E-state index is 13.1. The Labute approximate surface area is 222 Å². The van der Waals surface area contributed by atoms with Gasteiger partial charge >= 0.3 is 12.1 Å². The number of methoxy groups -OCH3 is 1. The number of rotatable bonds is 5. The summed E-state index contributed by atoms with van der Waals surface area (Å²) in [6.45, 7) is 3.85. The first-order chi connectivity index (χ1) is 17.2. The Morgan fingerprint density at radius 2 is 1.84 bits per heavy atom. The van der Waals surface area contributed by atoms with Crippen LogP contribution in [-0.2, 0) is 14.8 Å². The van der Waals surface area contributed by atoms with E-state index in [-0.39, 0.29) is 4.90 Å². The molecule has 8 nitrogen and oxygen atoms in total. The summed E-state index contributed by atoms with van der Waals surface area (Å²) in [4.78, 5) is 19.4. The van der Waals surface area contributed by atoms with E-state index in [0.29, 0.717) is 10.2 Å². The molecule has 0 aliphatic heterocycles. The number of hydrogen-bond donors (Lipinski definition) is 2. The molecule has 0 saturated heterocycles. The van der Waals surface area contributed by atoms with Gasteiger partial charge in [-0.25, -0.2) is 18.2 Å². The zero-order chi connectivity index (χ0) is 27.5. The number of anilines is 1. The van der Waals surface area contributed by atoms with Gasteiger partial charge in [0.25, 0.3) is 10.0 Å². The summed E-state index contributed by atoms with van der Waals surface area (Å²) in [5, 5.41) is 7.89. The van der Waals surface area contributed by atoms with Crippen LogP contribution in [0.25, 0.3) is 21.3 Å². The number of hydrogen-bond acceptors (Lipinski definition) is 7. The first-order valence-corrected chi connectivity index (χ1v) is 13.3. The minimum atomic E-state index is -5.08. The Morgan fingerprint density at radius 1 is 1.16 bits per heavy atom. The van der Waals surface area contributed by atoms with Gasteiger partial charge in [-0.15, -0.1) is 11.3 Å². The summed E-state index contributed by atoms with van der Waals surface area (Å²) < 4.78 is 66.5. The lowest BCUT2D eigenvalue weighted by atomic mass is 10.0. The molecule has 4 rings (SSSR count). The molecule has 196 valence electrons. The normalized spacial score (nSPS) is 11.5. The predicted octanol–water partition coefficient (Wildman–Crippen LogP) is 6.18. The lowest BCUT2D eigenvalue weighted by Gasteiger charge is -2.12. The maximum Gasteiger partial charge on any atom is 0.490 e. The van der Waals surface area contributed by atoms with Crippen LogP contribution in [0.4, 0.5) is 18.9 Å². The number of nitrogens with one attached hydrogen (secondary N) is 1. The molecule has 0 unspecified atom stereocenters. The molecule has 0 fully saturated rings. The first-order valence-electron chi connectivity index (χ1n) is 10.2. The molecule has 37 heavy (non-hydrogen) atoms. The SMILES string of the molecule is COc1cccc(-c2c(C)sc3nc(C)cc(NS(=O)(=O)c4cncc(Br)c4)c23)c1.O=C(O)C(F)(F)F. The van der Waals surface area contributed by atoms with Gasteiger partial charge in [-0.1, -0.05) is 12.1 Å². The second-order valence-electron chi connectivity index (χ2n) is 7.50. The van der Waals surface area contributed by atoms with Gasteiger partial charge in [0.15, 0.2) is 0 Å². The number of aryl methyl sites for hydroxylation is 2. The Kier molecular flexibility index (Phi) is 8.45. The van der Waals surface area contributed by atoms with Crippen molar-refractivity contribution >= 4 is 59.2 Å². The van der Waals surface area contributed by atoms with Crippen molar-refractivity contribution < 1.29 is 36.2 Å². The molecular weight excluding hydrogens is 599 g/mol. The van der Waals surface area contributed by atoms with Crippen molar-refractivity contribution in [1.82, 2.24) is 9.97 Å². The molecular formula is C23H19BrF3N3O5S2. The third-order valence-electron chi connectivity index (χ3n) is 4.80. The number of carbonyl (C=O) groups is 1. The number of carboxylic acids is 1. The number of aliphatic carboxylic acids is 1. The van der Waals surface area contributed by atoms with Crippen molar-refractivity contribution in [3.8, 4) is 16.9 Å². The van der Waals surface area contributed by atoms with Crippen molar-refractivity contribution in [2.75, 3.05) is 11.8 Å². The third-order valence-corrected chi connectivity index (χ3v) is 7.57. The number of nitrogens with zero attached hydrogens (tertiary/aromatic N) is 2. The fourth-order valence-corrected chi connectivity index (χ4v) is 5.96. The van der Waals surface area contributed by atoms with Crippen molar-refractivity contribution in [2.24, 2.45) is 0 Å². The second kappa shape index (κ2) is 11.0. The molecule has 3 aromatic heterocycles. The molecule has 0 amide bonds. The van der Waals surface area contributed by atoms with Crippen molar-refractivity contribution in [3.05, 3.63) is 63.8 Å². The predicted molar refractivity (Wildman–Crippen MR) is 138 cm³/mol. The number of thiophene rings is 1. The van der Waals surface area contributed by atoms with E-state index >= 15 is 0 Å². The summed E-state index contributed by atoms with van der Waals surface area (Å²) in [7, 11) is -2.22. The first kappa shape index (κ1) is 28.3. The number of halogens is 4. The van der Waals surface area contributed by atoms with E-state index in [0.717, 1.165) is 37.7 Å². The van der Waals surface area contributed by atoms with E-state index < -0.39 is 22.2 Å². The molecule has 0 atom stereocenters. The molecule has 0 saturated carbocycles. The monoisotopic (exact) mass is 617 g/mol. The van der Waals surface area contributed by atoms with Crippen LogP contribution in [-0.4, -0.2) is 42.7 Å². The zero-order valence-corrected chi connectivity index (χ0v) is 22.6. The van der Waals surface area contributed by atoms with Gasteiger partial charge in [-0.2, -0.15) is 13.2 Å². The van der Waals surface area contributed by atoms with Gasteiger partial charge in [-0.3, -0.25) is 9.71 Å². The molecule has 4 aromatic rings. The van der Waals surface area contributed by atoms with Gasteiger partial charge in [0.2, 0.25) is 0 Å². The summed E-state index contributed by atoms with van der Waals surface area (Å²) in [5.41, 5.74) is 3.09. The fraction of sp³-hybridized carbons (Fsp3) is 0.174. The smallest absolute Gasteiger partial charge is 0.490 e. The minimum Gasteiger partial charge on any atom is -0.497 e. The highest BCUT2D eigenvalue weighted by molar-refractivity contribution is 9.10. The Balaban J connectivity index is 0.000000479. The van der Waals surface area contributed by atoms with Crippen LogP contribution in [0, 0.1) is 13.8 Å². The number of benzene rings is 1. The molecule has 14 heteroatoms. The highest BCUT2D eigenvalue weighted by Crippen LogP contribution is 2.42. The molecule has 0 aliphatic carbocycles. The summed E-state index contributed by atoms with van der Waals surface area (Å²) in [6.07, 6.45) is -2.23. The summed E-state index contributed by atoms with van der Waals surface area (Å²) >= 11 is 4.81. The van der Waals surface area contributed by atoms with E-state index in [1.165, 1.54) is 29.8 Å². The van der Waals surface area contributed by atoms with Crippen molar-refractivity contribution in [1.29, 1.82) is 0 Å². The molecule has 0 aliphatic rings. The maximum absolute atomic E-state index is 13.1. The van der Waals surface area contributed by atoms with Gasteiger partial charge in [0.1, 0.15) is 15.5 Å². The Morgan fingerprint density at radius 3 is 2.43 bits per heavy atom. The Bertz CT molecular complexity index is 1570. The van der Waals surface area contributed by atoms with Crippen LogP contribution in [0.2, 0.25) is 0 Å². The number of fused-ring (bicyclic) bond motifs is 1. The van der Waals surface area contributed by atoms with Crippen LogP contribution in [0.15, 0.2) is 58.2 Å². The quantitative estimate of drug-likeness (QED) is 0.274. The standard InChI is InChI=1S/C21H18BrN3O3S2.C2HF3O2/c1-12-7-18(25-30(26,27)17-9-15(22)10-23-11-17)20-19(13(2)29-21(20)24-12)14-5-4-6-16(8-14)28-3;3-2(4,5)1(6)7/h4-11H,1-3H3,(H,24,25);(H,6,7). The molecule has 0 radical (unpaired) electrons. The molecule has 0 bridgehead atoms. The van der Waals surface area contributed by atoms with Crippen molar-refractivity contribution in [3.63, 3.8) is 0 Å². The van der Waals surface area contributed by atoms with Crippen molar-refractivity contribution in [2.45, 2.75) is 24.9 Å². The molecule has 2 N–H and O–H groups in total. The van der Waals surface area contributed by atoms with Crippen LogP contribution in [0.5, 0.6) is 5.75 Å². The van der Waals surface area contributed by atoms with E-state index in [1.807, 2.05) is 38.1 Å². The topological polar surface area (TPSA) is 118 Å². The van der Waals surface area contributed by atoms with E-state index in [2.05, 4.69) is 30.6 Å². The van der Waals surface area contributed by atoms with Crippen LogP contribution in [0.3, 0.4) is 0 Å². The van der Waals surface area contributed by atoms with Crippen LogP contribution >= 0.6 is 27.3 Å². The van der Waals surface area contributed by atoms with Crippen LogP contribution in [0.1, 0.15) is 10.6 Å². The number of ether oxygens (including phenoxy) is 1. The summed E-state index contributed by atoms with van der Waals surface area (Å²) in [6, 6.07) is 11.0. The number of pyridine rings is 2. The largest absolute Gasteiger partial charge is 0.497 e. The lowest BCUT2D eigenvalue weighted by molar-refractivity contribution is -0.192. The lowest BCUT2D eigenvalue weighted by Crippen LogP contribution is -2.21. The minimum absolute atomic E-state index is 0.0781. The van der Waals surface area contributed by atoms with E-state index in [9.17, 15) is 21.6 Å². The highest BCUT2D eigenvalue weighted by Gasteiger charge is 2.38. The Hall–Kier alpha value is -3.23. The zero-order valence-electron chi connectivity index (χ0n) is 19.4. The average molecular weight is 618 g/mol.